The molecule has 0 unspecified atom stereocenters. The predicted molar refractivity (Wildman–Crippen MR) is 150 cm³/mol. The van der Waals surface area contributed by atoms with Gasteiger partial charge in [-0.25, -0.2) is 0 Å². The van der Waals surface area contributed by atoms with Gasteiger partial charge in [0, 0.05) is 56.6 Å². The van der Waals surface area contributed by atoms with Crippen molar-refractivity contribution in [1.29, 1.82) is 0 Å². The summed E-state index contributed by atoms with van der Waals surface area (Å²) in [4.78, 5) is 27.9. The number of piperazine rings is 1. The molecule has 4 rings (SSSR count). The van der Waals surface area contributed by atoms with Gasteiger partial charge in [-0.2, -0.15) is 15.0 Å². The van der Waals surface area contributed by atoms with Crippen molar-refractivity contribution in [1.82, 2.24) is 25.6 Å². The zero-order valence-electron chi connectivity index (χ0n) is 22.2. The Balaban J connectivity index is 1.18. The van der Waals surface area contributed by atoms with E-state index in [0.717, 1.165) is 37.6 Å². The summed E-state index contributed by atoms with van der Waals surface area (Å²) in [5, 5.41) is 12.7. The minimum Gasteiger partial charge on any atom is -0.497 e. The second kappa shape index (κ2) is 15.4. The SMILES string of the molecule is COc1cccc(Nc2nc(NCCOCCOCCNC(=O)c3ccccc3)nc(N3CCNCC3)n2)c1. The highest BCUT2D eigenvalue weighted by Crippen LogP contribution is 2.21. The van der Waals surface area contributed by atoms with Gasteiger partial charge in [-0.3, -0.25) is 4.79 Å². The minimum atomic E-state index is -0.109. The third kappa shape index (κ3) is 9.36. The van der Waals surface area contributed by atoms with E-state index in [4.69, 9.17) is 14.2 Å². The van der Waals surface area contributed by atoms with E-state index in [2.05, 4.69) is 41.1 Å². The van der Waals surface area contributed by atoms with Crippen LogP contribution < -0.4 is 30.9 Å². The van der Waals surface area contributed by atoms with E-state index in [-0.39, 0.29) is 5.91 Å². The van der Waals surface area contributed by atoms with Crippen molar-refractivity contribution < 1.29 is 19.0 Å². The zero-order chi connectivity index (χ0) is 27.1. The van der Waals surface area contributed by atoms with Crippen molar-refractivity contribution in [3.05, 3.63) is 60.2 Å². The van der Waals surface area contributed by atoms with Gasteiger partial charge in [-0.1, -0.05) is 24.3 Å². The molecule has 0 aliphatic carbocycles. The summed E-state index contributed by atoms with van der Waals surface area (Å²) >= 11 is 0. The molecule has 1 fully saturated rings. The van der Waals surface area contributed by atoms with Gasteiger partial charge < -0.3 is 40.4 Å². The van der Waals surface area contributed by atoms with Crippen molar-refractivity contribution >= 4 is 29.4 Å². The standard InChI is InChI=1S/C27H36N8O4/c1-37-23-9-5-8-22(20-23)31-26-32-25(33-27(34-26)35-14-10-28-11-15-35)30-13-17-39-19-18-38-16-12-29-24(36)21-6-3-2-4-7-21/h2-9,20,28H,10-19H2,1H3,(H,29,36)(H2,30,31,32,33,34). The molecule has 0 radical (unpaired) electrons. The molecule has 39 heavy (non-hydrogen) atoms. The van der Waals surface area contributed by atoms with Gasteiger partial charge in [0.15, 0.2) is 0 Å². The first-order valence-corrected chi connectivity index (χ1v) is 13.1. The highest BCUT2D eigenvalue weighted by atomic mass is 16.5. The molecular formula is C27H36N8O4. The van der Waals surface area contributed by atoms with E-state index >= 15 is 0 Å². The molecule has 12 nitrogen and oxygen atoms in total. The molecule has 1 aromatic heterocycles. The summed E-state index contributed by atoms with van der Waals surface area (Å²) in [6.07, 6.45) is 0. The van der Waals surface area contributed by atoms with E-state index in [0.29, 0.717) is 62.9 Å². The molecule has 1 saturated heterocycles. The lowest BCUT2D eigenvalue weighted by atomic mass is 10.2. The van der Waals surface area contributed by atoms with Crippen LogP contribution in [0.5, 0.6) is 5.75 Å². The molecule has 2 aromatic carbocycles. The fourth-order valence-corrected chi connectivity index (χ4v) is 3.82. The summed E-state index contributed by atoms with van der Waals surface area (Å²) in [7, 11) is 1.63. The van der Waals surface area contributed by atoms with Crippen molar-refractivity contribution in [2.45, 2.75) is 0 Å². The predicted octanol–water partition coefficient (Wildman–Crippen LogP) is 1.91. The Labute approximate surface area is 228 Å². The van der Waals surface area contributed by atoms with Gasteiger partial charge in [0.05, 0.1) is 33.5 Å². The van der Waals surface area contributed by atoms with E-state index in [1.54, 1.807) is 19.2 Å². The number of carbonyl (C=O) groups excluding carboxylic acids is 1. The average molecular weight is 537 g/mol. The summed E-state index contributed by atoms with van der Waals surface area (Å²) < 4.78 is 16.5. The largest absolute Gasteiger partial charge is 0.497 e. The molecule has 12 heteroatoms. The molecule has 2 heterocycles. The number of ether oxygens (including phenoxy) is 3. The summed E-state index contributed by atoms with van der Waals surface area (Å²) in [6, 6.07) is 16.7. The van der Waals surface area contributed by atoms with Gasteiger partial charge >= 0.3 is 0 Å². The van der Waals surface area contributed by atoms with E-state index in [1.165, 1.54) is 0 Å². The Hall–Kier alpha value is -4.00. The van der Waals surface area contributed by atoms with Crippen LogP contribution in [0.2, 0.25) is 0 Å². The van der Waals surface area contributed by atoms with Crippen LogP contribution in [0.4, 0.5) is 23.5 Å². The summed E-state index contributed by atoms with van der Waals surface area (Å²) in [5.41, 5.74) is 1.45. The van der Waals surface area contributed by atoms with Gasteiger partial charge in [0.25, 0.3) is 5.91 Å². The number of hydrogen-bond acceptors (Lipinski definition) is 11. The molecule has 208 valence electrons. The van der Waals surface area contributed by atoms with Crippen LogP contribution in [-0.4, -0.2) is 93.7 Å². The molecule has 1 aliphatic rings. The number of rotatable bonds is 15. The molecule has 1 aliphatic heterocycles. The maximum absolute atomic E-state index is 12.0. The Morgan fingerprint density at radius 1 is 0.897 bits per heavy atom. The van der Waals surface area contributed by atoms with Gasteiger partial charge in [0.2, 0.25) is 17.8 Å². The number of carbonyl (C=O) groups is 1. The quantitative estimate of drug-likeness (QED) is 0.212. The summed E-state index contributed by atoms with van der Waals surface area (Å²) in [5.74, 6) is 2.17. The first-order chi connectivity index (χ1) is 19.2. The molecule has 1 amide bonds. The van der Waals surface area contributed by atoms with Gasteiger partial charge in [-0.05, 0) is 24.3 Å². The second-order valence-corrected chi connectivity index (χ2v) is 8.65. The number of nitrogens with zero attached hydrogens (tertiary/aromatic N) is 4. The van der Waals surface area contributed by atoms with Gasteiger partial charge in [-0.15, -0.1) is 0 Å². The van der Waals surface area contributed by atoms with Crippen LogP contribution in [0, 0.1) is 0 Å². The maximum Gasteiger partial charge on any atom is 0.251 e. The normalized spacial score (nSPS) is 13.1. The number of aromatic nitrogens is 3. The number of anilines is 4. The number of hydrogen-bond donors (Lipinski definition) is 4. The Bertz CT molecular complexity index is 1160. The molecule has 3 aromatic rings. The number of amides is 1. The minimum absolute atomic E-state index is 0.109. The van der Waals surface area contributed by atoms with Crippen LogP contribution in [-0.2, 0) is 9.47 Å². The molecular weight excluding hydrogens is 500 g/mol. The lowest BCUT2D eigenvalue weighted by molar-refractivity contribution is 0.0519. The molecule has 0 saturated carbocycles. The third-order valence-electron chi connectivity index (χ3n) is 5.82. The molecule has 0 atom stereocenters. The number of benzene rings is 2. The van der Waals surface area contributed by atoms with Crippen LogP contribution in [0.3, 0.4) is 0 Å². The highest BCUT2D eigenvalue weighted by Gasteiger charge is 2.16. The fourth-order valence-electron chi connectivity index (χ4n) is 3.82. The molecule has 0 spiro atoms. The smallest absolute Gasteiger partial charge is 0.251 e. The van der Waals surface area contributed by atoms with Crippen LogP contribution in [0.1, 0.15) is 10.4 Å². The second-order valence-electron chi connectivity index (χ2n) is 8.65. The van der Waals surface area contributed by atoms with Crippen LogP contribution >= 0.6 is 0 Å². The lowest BCUT2D eigenvalue weighted by Crippen LogP contribution is -2.44. The third-order valence-corrected chi connectivity index (χ3v) is 5.82. The first-order valence-electron chi connectivity index (χ1n) is 13.1. The van der Waals surface area contributed by atoms with Crippen molar-refractivity contribution in [3.8, 4) is 5.75 Å². The number of methoxy groups -OCH3 is 1. The molecule has 4 N–H and O–H groups in total. The Kier molecular flexibility index (Phi) is 11.1. The fraction of sp³-hybridized carbons (Fsp3) is 0.407. The monoisotopic (exact) mass is 536 g/mol. The molecule has 0 bridgehead atoms. The Morgan fingerprint density at radius 3 is 2.41 bits per heavy atom. The summed E-state index contributed by atoms with van der Waals surface area (Å²) in [6.45, 7) is 6.12. The van der Waals surface area contributed by atoms with Crippen molar-refractivity contribution in [3.63, 3.8) is 0 Å². The van der Waals surface area contributed by atoms with Crippen LogP contribution in [0.15, 0.2) is 54.6 Å². The van der Waals surface area contributed by atoms with E-state index in [1.807, 2.05) is 42.5 Å². The topological polar surface area (TPSA) is 135 Å². The van der Waals surface area contributed by atoms with Gasteiger partial charge in [0.1, 0.15) is 5.75 Å². The van der Waals surface area contributed by atoms with E-state index in [9.17, 15) is 4.79 Å². The first kappa shape index (κ1) is 28.0. The Morgan fingerprint density at radius 2 is 1.64 bits per heavy atom. The van der Waals surface area contributed by atoms with Crippen LogP contribution in [0.25, 0.3) is 0 Å². The van der Waals surface area contributed by atoms with Crippen molar-refractivity contribution in [2.75, 3.05) is 88.3 Å². The lowest BCUT2D eigenvalue weighted by Gasteiger charge is -2.27. The maximum atomic E-state index is 12.0. The average Bonchev–Trinajstić information content (AvgIpc) is 2.99. The number of nitrogens with one attached hydrogen (secondary N) is 4. The van der Waals surface area contributed by atoms with Crippen molar-refractivity contribution in [2.24, 2.45) is 0 Å². The highest BCUT2D eigenvalue weighted by molar-refractivity contribution is 5.94. The zero-order valence-corrected chi connectivity index (χ0v) is 22.2. The van der Waals surface area contributed by atoms with E-state index < -0.39 is 0 Å².